The number of halogens is 2. The molecule has 104 valence electrons. The first-order valence-electron chi connectivity index (χ1n) is 5.51. The van der Waals surface area contributed by atoms with E-state index >= 15 is 0 Å². The van der Waals surface area contributed by atoms with Gasteiger partial charge in [0.25, 0.3) is 0 Å². The number of aromatic carboxylic acids is 1. The molecule has 19 heavy (non-hydrogen) atoms. The van der Waals surface area contributed by atoms with Gasteiger partial charge < -0.3 is 5.11 Å². The van der Waals surface area contributed by atoms with Crippen molar-refractivity contribution in [3.05, 3.63) is 29.3 Å². The van der Waals surface area contributed by atoms with Crippen molar-refractivity contribution >= 4 is 21.7 Å². The SMILES string of the molecule is O=C(O)c1cc(NS(=O)(=O)CC2CC2)c(F)cc1F. The first-order chi connectivity index (χ1) is 8.78. The van der Waals surface area contributed by atoms with Crippen LogP contribution in [0.2, 0.25) is 0 Å². The highest BCUT2D eigenvalue weighted by atomic mass is 32.2. The lowest BCUT2D eigenvalue weighted by molar-refractivity contribution is 0.0692. The van der Waals surface area contributed by atoms with Gasteiger partial charge >= 0.3 is 5.97 Å². The van der Waals surface area contributed by atoms with Gasteiger partial charge in [-0.3, -0.25) is 4.72 Å². The van der Waals surface area contributed by atoms with Crippen molar-refractivity contribution in [2.24, 2.45) is 5.92 Å². The Kier molecular flexibility index (Phi) is 3.44. The smallest absolute Gasteiger partial charge is 0.338 e. The predicted molar refractivity (Wildman–Crippen MR) is 63.5 cm³/mol. The first kappa shape index (κ1) is 13.7. The number of sulfonamides is 1. The number of carbonyl (C=O) groups is 1. The van der Waals surface area contributed by atoms with Crippen LogP contribution in [0.3, 0.4) is 0 Å². The molecule has 2 N–H and O–H groups in total. The summed E-state index contributed by atoms with van der Waals surface area (Å²) in [5.41, 5.74) is -1.34. The van der Waals surface area contributed by atoms with Crippen molar-refractivity contribution in [2.75, 3.05) is 10.5 Å². The van der Waals surface area contributed by atoms with Gasteiger partial charge in [-0.2, -0.15) is 0 Å². The van der Waals surface area contributed by atoms with E-state index in [1.54, 1.807) is 0 Å². The summed E-state index contributed by atoms with van der Waals surface area (Å²) in [6, 6.07) is 0.982. The quantitative estimate of drug-likeness (QED) is 0.866. The molecule has 0 radical (unpaired) electrons. The fourth-order valence-corrected chi connectivity index (χ4v) is 3.12. The van der Waals surface area contributed by atoms with Crippen LogP contribution in [0, 0.1) is 17.6 Å². The largest absolute Gasteiger partial charge is 0.478 e. The summed E-state index contributed by atoms with van der Waals surface area (Å²) in [4.78, 5) is 10.7. The third-order valence-electron chi connectivity index (χ3n) is 2.70. The zero-order chi connectivity index (χ0) is 14.2. The summed E-state index contributed by atoms with van der Waals surface area (Å²) in [7, 11) is -3.75. The average Bonchev–Trinajstić information content (AvgIpc) is 3.04. The number of nitrogens with one attached hydrogen (secondary N) is 1. The Hall–Kier alpha value is -1.70. The zero-order valence-electron chi connectivity index (χ0n) is 9.69. The maximum atomic E-state index is 13.4. The Labute approximate surface area is 108 Å². The van der Waals surface area contributed by atoms with Gasteiger partial charge in [-0.1, -0.05) is 0 Å². The second-order valence-corrected chi connectivity index (χ2v) is 6.21. The van der Waals surface area contributed by atoms with Crippen LogP contribution < -0.4 is 4.72 Å². The molecule has 2 rings (SSSR count). The predicted octanol–water partition coefficient (Wildman–Crippen LogP) is 1.81. The topological polar surface area (TPSA) is 83.5 Å². The van der Waals surface area contributed by atoms with Crippen molar-refractivity contribution in [1.82, 2.24) is 0 Å². The van der Waals surface area contributed by atoms with Crippen LogP contribution in [0.1, 0.15) is 23.2 Å². The Morgan fingerprint density at radius 3 is 2.47 bits per heavy atom. The molecule has 0 amide bonds. The summed E-state index contributed by atoms with van der Waals surface area (Å²) in [6.07, 6.45) is 1.60. The van der Waals surface area contributed by atoms with Crippen molar-refractivity contribution < 1.29 is 27.1 Å². The molecule has 1 aliphatic rings. The molecule has 1 aromatic carbocycles. The molecular weight excluding hydrogens is 280 g/mol. The first-order valence-corrected chi connectivity index (χ1v) is 7.16. The van der Waals surface area contributed by atoms with Crippen LogP contribution in [0.4, 0.5) is 14.5 Å². The van der Waals surface area contributed by atoms with Crippen LogP contribution in [-0.2, 0) is 10.0 Å². The van der Waals surface area contributed by atoms with Crippen LogP contribution in [0.25, 0.3) is 0 Å². The van der Waals surface area contributed by atoms with E-state index in [-0.39, 0.29) is 11.7 Å². The molecule has 1 aromatic rings. The van der Waals surface area contributed by atoms with Gasteiger partial charge in [-0.05, 0) is 24.8 Å². The van der Waals surface area contributed by atoms with Gasteiger partial charge in [0.15, 0.2) is 0 Å². The highest BCUT2D eigenvalue weighted by molar-refractivity contribution is 7.92. The Bertz CT molecular complexity index is 626. The fraction of sp³-hybridized carbons (Fsp3) is 0.364. The minimum Gasteiger partial charge on any atom is -0.478 e. The minimum atomic E-state index is -3.75. The lowest BCUT2D eigenvalue weighted by Crippen LogP contribution is -2.19. The molecule has 0 saturated heterocycles. The molecule has 0 bridgehead atoms. The summed E-state index contributed by atoms with van der Waals surface area (Å²) in [5.74, 6) is -4.09. The number of hydrogen-bond acceptors (Lipinski definition) is 3. The van der Waals surface area contributed by atoms with E-state index in [9.17, 15) is 22.0 Å². The van der Waals surface area contributed by atoms with Crippen LogP contribution in [-0.4, -0.2) is 25.2 Å². The van der Waals surface area contributed by atoms with E-state index in [4.69, 9.17) is 5.11 Å². The lowest BCUT2D eigenvalue weighted by atomic mass is 10.2. The molecule has 0 aliphatic heterocycles. The number of benzene rings is 1. The van der Waals surface area contributed by atoms with Gasteiger partial charge in [0, 0.05) is 6.07 Å². The van der Waals surface area contributed by atoms with Crippen LogP contribution >= 0.6 is 0 Å². The van der Waals surface area contributed by atoms with E-state index in [0.717, 1.165) is 12.8 Å². The molecule has 8 heteroatoms. The Balaban J connectivity index is 2.28. The molecular formula is C11H11F2NO4S. The molecule has 0 atom stereocenters. The molecule has 1 saturated carbocycles. The van der Waals surface area contributed by atoms with E-state index in [2.05, 4.69) is 0 Å². The van der Waals surface area contributed by atoms with Crippen molar-refractivity contribution in [1.29, 1.82) is 0 Å². The zero-order valence-corrected chi connectivity index (χ0v) is 10.5. The Morgan fingerprint density at radius 1 is 1.32 bits per heavy atom. The molecule has 5 nitrogen and oxygen atoms in total. The van der Waals surface area contributed by atoms with Crippen molar-refractivity contribution in [3.8, 4) is 0 Å². The van der Waals surface area contributed by atoms with E-state index in [1.807, 2.05) is 4.72 Å². The van der Waals surface area contributed by atoms with Gasteiger partial charge in [-0.25, -0.2) is 22.0 Å². The summed E-state index contributed by atoms with van der Waals surface area (Å²) < 4.78 is 51.8. The number of hydrogen-bond donors (Lipinski definition) is 2. The maximum Gasteiger partial charge on any atom is 0.338 e. The summed E-state index contributed by atoms with van der Waals surface area (Å²) in [6.45, 7) is 0. The molecule has 0 aromatic heterocycles. The molecule has 0 heterocycles. The van der Waals surface area contributed by atoms with E-state index in [1.165, 1.54) is 0 Å². The normalized spacial score (nSPS) is 15.3. The van der Waals surface area contributed by atoms with Crippen LogP contribution in [0.5, 0.6) is 0 Å². The van der Waals surface area contributed by atoms with Gasteiger partial charge in [0.1, 0.15) is 11.6 Å². The van der Waals surface area contributed by atoms with Gasteiger partial charge in [0.05, 0.1) is 17.0 Å². The summed E-state index contributed by atoms with van der Waals surface area (Å²) in [5, 5.41) is 8.70. The standard InChI is InChI=1S/C11H11F2NO4S/c12-8-4-9(13)10(3-7(8)11(15)16)14-19(17,18)5-6-1-2-6/h3-4,6,14H,1-2,5H2,(H,15,16). The third kappa shape index (κ3) is 3.40. The maximum absolute atomic E-state index is 13.4. The van der Waals surface area contributed by atoms with E-state index in [0.29, 0.717) is 12.1 Å². The highest BCUT2D eigenvalue weighted by Gasteiger charge is 2.28. The average molecular weight is 291 g/mol. The molecule has 1 fully saturated rings. The number of rotatable bonds is 5. The molecule has 0 spiro atoms. The van der Waals surface area contributed by atoms with Crippen molar-refractivity contribution in [2.45, 2.75) is 12.8 Å². The molecule has 1 aliphatic carbocycles. The number of carboxylic acids is 1. The summed E-state index contributed by atoms with van der Waals surface area (Å²) >= 11 is 0. The van der Waals surface area contributed by atoms with Crippen molar-refractivity contribution in [3.63, 3.8) is 0 Å². The number of carboxylic acid groups (broad SMARTS) is 1. The third-order valence-corrected chi connectivity index (χ3v) is 4.15. The lowest BCUT2D eigenvalue weighted by Gasteiger charge is -2.09. The second-order valence-electron chi connectivity index (χ2n) is 4.44. The monoisotopic (exact) mass is 291 g/mol. The minimum absolute atomic E-state index is 0.0555. The van der Waals surface area contributed by atoms with E-state index < -0.39 is 38.9 Å². The molecule has 0 unspecified atom stereocenters. The second kappa shape index (κ2) is 4.76. The highest BCUT2D eigenvalue weighted by Crippen LogP contribution is 2.31. The van der Waals surface area contributed by atoms with Crippen LogP contribution in [0.15, 0.2) is 12.1 Å². The van der Waals surface area contributed by atoms with Gasteiger partial charge in [-0.15, -0.1) is 0 Å². The Morgan fingerprint density at radius 2 is 1.95 bits per heavy atom. The van der Waals surface area contributed by atoms with Gasteiger partial charge in [0.2, 0.25) is 10.0 Å². The number of anilines is 1. The fourth-order valence-electron chi connectivity index (χ4n) is 1.60.